The van der Waals surface area contributed by atoms with Crippen LogP contribution in [-0.2, 0) is 4.79 Å². The van der Waals surface area contributed by atoms with Crippen molar-refractivity contribution < 1.29 is 14.7 Å². The van der Waals surface area contributed by atoms with Crippen LogP contribution in [0.15, 0.2) is 22.7 Å². The second-order valence-corrected chi connectivity index (χ2v) is 5.34. The van der Waals surface area contributed by atoms with Crippen molar-refractivity contribution in [3.63, 3.8) is 0 Å². The lowest BCUT2D eigenvalue weighted by Crippen LogP contribution is -2.35. The zero-order chi connectivity index (χ0) is 13.8. The molecule has 6 heteroatoms. The maximum Gasteiger partial charge on any atom is 0.337 e. The van der Waals surface area contributed by atoms with Gasteiger partial charge in [-0.15, -0.1) is 0 Å². The van der Waals surface area contributed by atoms with Gasteiger partial charge in [0.25, 0.3) is 0 Å². The molecule has 1 aliphatic rings. The Hall–Kier alpha value is -1.40. The Labute approximate surface area is 119 Å². The summed E-state index contributed by atoms with van der Waals surface area (Å²) in [5.74, 6) is -1.23. The summed E-state index contributed by atoms with van der Waals surface area (Å²) in [6.45, 7) is 1.64. The first-order chi connectivity index (χ1) is 9.09. The topological polar surface area (TPSA) is 78.4 Å². The van der Waals surface area contributed by atoms with Gasteiger partial charge in [0.05, 0.1) is 11.3 Å². The van der Waals surface area contributed by atoms with E-state index in [0.717, 1.165) is 25.9 Å². The van der Waals surface area contributed by atoms with Gasteiger partial charge < -0.3 is 15.7 Å². The zero-order valence-electron chi connectivity index (χ0n) is 10.3. The molecule has 0 atom stereocenters. The maximum absolute atomic E-state index is 12.1. The molecular formula is C13H15BrN2O3. The lowest BCUT2D eigenvalue weighted by molar-refractivity contribution is -0.120. The molecule has 0 saturated carbocycles. The minimum absolute atomic E-state index is 0.0602. The van der Waals surface area contributed by atoms with E-state index >= 15 is 0 Å². The molecule has 0 radical (unpaired) electrons. The fourth-order valence-electron chi connectivity index (χ4n) is 2.14. The summed E-state index contributed by atoms with van der Waals surface area (Å²) in [5, 5.41) is 15.1. The number of carboxylic acids is 1. The minimum Gasteiger partial charge on any atom is -0.478 e. The second kappa shape index (κ2) is 6.16. The number of halogens is 1. The number of piperidine rings is 1. The van der Waals surface area contributed by atoms with Gasteiger partial charge in [-0.25, -0.2) is 4.79 Å². The first-order valence-corrected chi connectivity index (χ1v) is 6.92. The number of hydrogen-bond acceptors (Lipinski definition) is 3. The van der Waals surface area contributed by atoms with E-state index in [1.54, 1.807) is 12.1 Å². The highest BCUT2D eigenvalue weighted by Gasteiger charge is 2.23. The van der Waals surface area contributed by atoms with Crippen LogP contribution in [0.1, 0.15) is 23.2 Å². The maximum atomic E-state index is 12.1. The smallest absolute Gasteiger partial charge is 0.337 e. The summed E-state index contributed by atoms with van der Waals surface area (Å²) in [6, 6.07) is 4.82. The number of hydrogen-bond donors (Lipinski definition) is 3. The van der Waals surface area contributed by atoms with Crippen molar-refractivity contribution in [3.05, 3.63) is 28.2 Å². The van der Waals surface area contributed by atoms with Gasteiger partial charge in [0, 0.05) is 10.4 Å². The number of para-hydroxylation sites is 1. The molecule has 19 heavy (non-hydrogen) atoms. The zero-order valence-corrected chi connectivity index (χ0v) is 11.9. The molecule has 1 aromatic rings. The predicted molar refractivity (Wildman–Crippen MR) is 75.3 cm³/mol. The molecular weight excluding hydrogens is 312 g/mol. The molecule has 0 aliphatic carbocycles. The summed E-state index contributed by atoms with van der Waals surface area (Å²) in [5.41, 5.74) is 0.426. The van der Waals surface area contributed by atoms with Crippen LogP contribution < -0.4 is 10.6 Å². The monoisotopic (exact) mass is 326 g/mol. The number of carbonyl (C=O) groups excluding carboxylic acids is 1. The van der Waals surface area contributed by atoms with Crippen LogP contribution in [0.25, 0.3) is 0 Å². The molecule has 102 valence electrons. The van der Waals surface area contributed by atoms with Crippen molar-refractivity contribution in [1.29, 1.82) is 0 Å². The van der Waals surface area contributed by atoms with Gasteiger partial charge in [0.1, 0.15) is 0 Å². The summed E-state index contributed by atoms with van der Waals surface area (Å²) in [6.07, 6.45) is 1.55. The van der Waals surface area contributed by atoms with Gasteiger partial charge >= 0.3 is 5.97 Å². The van der Waals surface area contributed by atoms with Gasteiger partial charge in [0.15, 0.2) is 0 Å². The molecule has 1 amide bonds. The third kappa shape index (κ3) is 3.33. The molecule has 1 heterocycles. The summed E-state index contributed by atoms with van der Waals surface area (Å²) in [7, 11) is 0. The fourth-order valence-corrected chi connectivity index (χ4v) is 2.60. The summed E-state index contributed by atoms with van der Waals surface area (Å²) in [4.78, 5) is 23.3. The highest BCUT2D eigenvalue weighted by molar-refractivity contribution is 9.10. The molecule has 1 fully saturated rings. The van der Waals surface area contributed by atoms with Crippen molar-refractivity contribution in [3.8, 4) is 0 Å². The van der Waals surface area contributed by atoms with Crippen molar-refractivity contribution in [2.45, 2.75) is 12.8 Å². The van der Waals surface area contributed by atoms with Crippen LogP contribution >= 0.6 is 15.9 Å². The van der Waals surface area contributed by atoms with Crippen LogP contribution in [-0.4, -0.2) is 30.1 Å². The number of nitrogens with one attached hydrogen (secondary N) is 2. The quantitative estimate of drug-likeness (QED) is 0.794. The Morgan fingerprint density at radius 1 is 1.32 bits per heavy atom. The second-order valence-electron chi connectivity index (χ2n) is 4.48. The Morgan fingerprint density at radius 3 is 2.63 bits per heavy atom. The van der Waals surface area contributed by atoms with E-state index < -0.39 is 5.97 Å². The van der Waals surface area contributed by atoms with E-state index in [1.807, 2.05) is 0 Å². The average Bonchev–Trinajstić information content (AvgIpc) is 2.41. The minimum atomic E-state index is -1.05. The molecule has 1 saturated heterocycles. The van der Waals surface area contributed by atoms with Crippen LogP contribution in [0.3, 0.4) is 0 Å². The van der Waals surface area contributed by atoms with Crippen molar-refractivity contribution in [2.75, 3.05) is 18.4 Å². The average molecular weight is 327 g/mol. The number of rotatable bonds is 3. The Morgan fingerprint density at radius 2 is 2.00 bits per heavy atom. The number of anilines is 1. The third-order valence-corrected chi connectivity index (χ3v) is 3.86. The lowest BCUT2D eigenvalue weighted by Gasteiger charge is -2.22. The normalized spacial score (nSPS) is 16.1. The van der Waals surface area contributed by atoms with E-state index in [-0.39, 0.29) is 17.4 Å². The first-order valence-electron chi connectivity index (χ1n) is 6.13. The predicted octanol–water partition coefficient (Wildman–Crippen LogP) is 2.09. The number of amides is 1. The molecule has 1 aromatic carbocycles. The van der Waals surface area contributed by atoms with Gasteiger partial charge in [-0.05, 0) is 54.0 Å². The largest absolute Gasteiger partial charge is 0.478 e. The van der Waals surface area contributed by atoms with Gasteiger partial charge in [0.2, 0.25) is 5.91 Å². The molecule has 0 unspecified atom stereocenters. The number of aromatic carboxylic acids is 1. The van der Waals surface area contributed by atoms with Gasteiger partial charge in [-0.2, -0.15) is 0 Å². The standard InChI is InChI=1S/C13H15BrN2O3/c14-10-3-1-2-9(13(18)19)11(10)16-12(17)8-4-6-15-7-5-8/h1-3,8,15H,4-7H2,(H,16,17)(H,18,19). The molecule has 0 spiro atoms. The van der Waals surface area contributed by atoms with Crippen LogP contribution in [0.5, 0.6) is 0 Å². The Bertz CT molecular complexity index is 499. The van der Waals surface area contributed by atoms with Crippen LogP contribution in [0, 0.1) is 5.92 Å². The Balaban J connectivity index is 2.18. The van der Waals surface area contributed by atoms with E-state index in [1.165, 1.54) is 6.07 Å². The summed E-state index contributed by atoms with van der Waals surface area (Å²) >= 11 is 3.28. The highest BCUT2D eigenvalue weighted by Crippen LogP contribution is 2.27. The SMILES string of the molecule is O=C(O)c1cccc(Br)c1NC(=O)C1CCNCC1. The molecule has 1 aliphatic heterocycles. The lowest BCUT2D eigenvalue weighted by atomic mass is 9.97. The third-order valence-electron chi connectivity index (χ3n) is 3.20. The molecule has 0 bridgehead atoms. The molecule has 2 rings (SSSR count). The number of carbonyl (C=O) groups is 2. The van der Waals surface area contributed by atoms with Crippen LogP contribution in [0.2, 0.25) is 0 Å². The van der Waals surface area contributed by atoms with Crippen molar-refractivity contribution in [2.24, 2.45) is 5.92 Å². The fraction of sp³-hybridized carbons (Fsp3) is 0.385. The number of benzene rings is 1. The van der Waals surface area contributed by atoms with Crippen molar-refractivity contribution in [1.82, 2.24) is 5.32 Å². The highest BCUT2D eigenvalue weighted by atomic mass is 79.9. The van der Waals surface area contributed by atoms with Crippen LogP contribution in [0.4, 0.5) is 5.69 Å². The molecule has 0 aromatic heterocycles. The molecule has 3 N–H and O–H groups in total. The van der Waals surface area contributed by atoms with E-state index in [0.29, 0.717) is 10.2 Å². The van der Waals surface area contributed by atoms with Gasteiger partial charge in [-0.1, -0.05) is 6.07 Å². The first kappa shape index (κ1) is 14.0. The van der Waals surface area contributed by atoms with Crippen molar-refractivity contribution >= 4 is 33.5 Å². The van der Waals surface area contributed by atoms with Gasteiger partial charge in [-0.3, -0.25) is 4.79 Å². The number of carboxylic acid groups (broad SMARTS) is 1. The van der Waals surface area contributed by atoms with E-state index in [2.05, 4.69) is 26.6 Å². The van der Waals surface area contributed by atoms with E-state index in [9.17, 15) is 9.59 Å². The van der Waals surface area contributed by atoms with E-state index in [4.69, 9.17) is 5.11 Å². The summed E-state index contributed by atoms with van der Waals surface area (Å²) < 4.78 is 0.578. The Kier molecular flexibility index (Phi) is 4.55. The molecule has 5 nitrogen and oxygen atoms in total.